The largest absolute Gasteiger partial charge is 0.354 e. The predicted octanol–water partition coefficient (Wildman–Crippen LogP) is 9.05. The van der Waals surface area contributed by atoms with Crippen molar-refractivity contribution in [3.05, 3.63) is 88.6 Å². The number of thiophene rings is 1. The molecule has 0 radical (unpaired) electrons. The average Bonchev–Trinajstić information content (AvgIpc) is 3.43. The van der Waals surface area contributed by atoms with E-state index in [0.29, 0.717) is 5.92 Å². The van der Waals surface area contributed by atoms with Gasteiger partial charge in [0.1, 0.15) is 0 Å². The lowest BCUT2D eigenvalue weighted by Crippen LogP contribution is -2.01. The predicted molar refractivity (Wildman–Crippen MR) is 139 cm³/mol. The van der Waals surface area contributed by atoms with Crippen LogP contribution in [-0.2, 0) is 0 Å². The summed E-state index contributed by atoms with van der Waals surface area (Å²) in [6.07, 6.45) is 0. The molecule has 0 amide bonds. The van der Waals surface area contributed by atoms with E-state index < -0.39 is 0 Å². The quantitative estimate of drug-likeness (QED) is 0.303. The third-order valence-corrected chi connectivity index (χ3v) is 6.32. The van der Waals surface area contributed by atoms with Crippen LogP contribution in [0.3, 0.4) is 0 Å². The van der Waals surface area contributed by atoms with Gasteiger partial charge in [-0.05, 0) is 53.6 Å². The molecule has 31 heavy (non-hydrogen) atoms. The van der Waals surface area contributed by atoms with Gasteiger partial charge in [0.05, 0.1) is 16.7 Å². The van der Waals surface area contributed by atoms with Crippen molar-refractivity contribution in [2.24, 2.45) is 0 Å². The molecule has 0 fully saturated rings. The van der Waals surface area contributed by atoms with E-state index in [1.807, 2.05) is 13.8 Å². The first-order valence-electron chi connectivity index (χ1n) is 11.1. The molecular weight excluding hydrogens is 396 g/mol. The summed E-state index contributed by atoms with van der Waals surface area (Å²) in [4.78, 5) is 0. The Hall–Kier alpha value is -3.04. The van der Waals surface area contributed by atoms with Crippen LogP contribution in [0.25, 0.3) is 27.5 Å². The zero-order valence-corrected chi connectivity index (χ0v) is 19.8. The number of hydrogen-bond donors (Lipinski definition) is 1. The zero-order valence-electron chi connectivity index (χ0n) is 18.9. The Morgan fingerprint density at radius 3 is 2.32 bits per heavy atom. The molecule has 0 aliphatic heterocycles. The Kier molecular flexibility index (Phi) is 6.15. The topological polar surface area (TPSA) is 17.0 Å². The van der Waals surface area contributed by atoms with Gasteiger partial charge in [0, 0.05) is 27.5 Å². The summed E-state index contributed by atoms with van der Waals surface area (Å²) >= 11 is 1.71. The molecule has 1 N–H and O–H groups in total. The minimum Gasteiger partial charge on any atom is -0.354 e. The highest BCUT2D eigenvalue weighted by molar-refractivity contribution is 7.08. The summed E-state index contributed by atoms with van der Waals surface area (Å²) in [5, 5.41) is 10.5. The Bertz CT molecular complexity index is 1310. The molecule has 0 saturated carbocycles. The van der Waals surface area contributed by atoms with E-state index in [9.17, 15) is 0 Å². The van der Waals surface area contributed by atoms with Gasteiger partial charge >= 0.3 is 0 Å². The molecule has 2 heterocycles. The van der Waals surface area contributed by atoms with Gasteiger partial charge in [-0.15, -0.1) is 0 Å². The fraction of sp³-hybridized carbons (Fsp3) is 0.214. The fourth-order valence-electron chi connectivity index (χ4n) is 4.24. The van der Waals surface area contributed by atoms with Crippen LogP contribution in [0.2, 0.25) is 0 Å². The lowest BCUT2D eigenvalue weighted by molar-refractivity contribution is 0.854. The third kappa shape index (κ3) is 3.75. The number of fused-ring (bicyclic) bond motifs is 3. The average molecular weight is 427 g/mol. The van der Waals surface area contributed by atoms with E-state index in [1.54, 1.807) is 11.3 Å². The highest BCUT2D eigenvalue weighted by Crippen LogP contribution is 2.40. The number of para-hydroxylation sites is 2. The van der Waals surface area contributed by atoms with Gasteiger partial charge < -0.3 is 9.88 Å². The first-order chi connectivity index (χ1) is 15.1. The molecule has 5 aromatic rings. The Morgan fingerprint density at radius 2 is 1.58 bits per heavy atom. The van der Waals surface area contributed by atoms with Gasteiger partial charge in [0.2, 0.25) is 0 Å². The van der Waals surface area contributed by atoms with E-state index in [2.05, 4.69) is 108 Å². The standard InChI is InChI=1S/C26H24N2S.C2H6/c1-17(2)20-8-4-6-10-22(20)28-23-11-7-5-9-21(23)25-24(28)13-12-18(3)26(25)27-19-14-15-29-16-19;1-2/h4-17,27H,1-3H3;1-2H3. The summed E-state index contributed by atoms with van der Waals surface area (Å²) in [7, 11) is 0. The monoisotopic (exact) mass is 426 g/mol. The molecule has 3 aromatic carbocycles. The summed E-state index contributed by atoms with van der Waals surface area (Å²) in [6.45, 7) is 10.7. The number of nitrogens with zero attached hydrogens (tertiary/aromatic N) is 1. The fourth-order valence-corrected chi connectivity index (χ4v) is 4.83. The third-order valence-electron chi connectivity index (χ3n) is 5.64. The molecule has 0 aliphatic carbocycles. The second-order valence-corrected chi connectivity index (χ2v) is 8.63. The van der Waals surface area contributed by atoms with Crippen LogP contribution >= 0.6 is 11.3 Å². The van der Waals surface area contributed by atoms with Crippen molar-refractivity contribution < 1.29 is 0 Å². The number of anilines is 2. The molecule has 5 rings (SSSR count). The van der Waals surface area contributed by atoms with Crippen LogP contribution in [0.1, 0.15) is 44.7 Å². The number of rotatable bonds is 4. The second kappa shape index (κ2) is 8.99. The Balaban J connectivity index is 0.00000112. The Labute approximate surface area is 189 Å². The van der Waals surface area contributed by atoms with Crippen molar-refractivity contribution in [2.75, 3.05) is 5.32 Å². The second-order valence-electron chi connectivity index (χ2n) is 7.85. The van der Waals surface area contributed by atoms with Crippen molar-refractivity contribution >= 4 is 44.5 Å². The minimum atomic E-state index is 0.455. The van der Waals surface area contributed by atoms with E-state index in [1.165, 1.54) is 44.3 Å². The molecule has 0 aliphatic rings. The number of benzene rings is 3. The maximum atomic E-state index is 3.69. The summed E-state index contributed by atoms with van der Waals surface area (Å²) < 4.78 is 2.43. The molecule has 0 spiro atoms. The number of aromatic nitrogens is 1. The van der Waals surface area contributed by atoms with E-state index in [4.69, 9.17) is 0 Å². The summed E-state index contributed by atoms with van der Waals surface area (Å²) in [5.41, 5.74) is 8.70. The van der Waals surface area contributed by atoms with Gasteiger partial charge in [-0.2, -0.15) is 11.3 Å². The van der Waals surface area contributed by atoms with Crippen LogP contribution in [0.5, 0.6) is 0 Å². The van der Waals surface area contributed by atoms with Crippen molar-refractivity contribution in [3.63, 3.8) is 0 Å². The van der Waals surface area contributed by atoms with Crippen molar-refractivity contribution in [1.82, 2.24) is 4.57 Å². The van der Waals surface area contributed by atoms with Gasteiger partial charge in [0.25, 0.3) is 0 Å². The van der Waals surface area contributed by atoms with E-state index >= 15 is 0 Å². The van der Waals surface area contributed by atoms with Crippen LogP contribution in [-0.4, -0.2) is 4.57 Å². The molecule has 0 bridgehead atoms. The van der Waals surface area contributed by atoms with Crippen LogP contribution in [0.4, 0.5) is 11.4 Å². The van der Waals surface area contributed by atoms with Crippen molar-refractivity contribution in [3.8, 4) is 5.69 Å². The molecular formula is C28H30N2S. The van der Waals surface area contributed by atoms with Crippen LogP contribution in [0, 0.1) is 6.92 Å². The molecule has 158 valence electrons. The lowest BCUT2D eigenvalue weighted by Gasteiger charge is -2.16. The molecule has 2 nitrogen and oxygen atoms in total. The van der Waals surface area contributed by atoms with E-state index in [0.717, 1.165) is 5.69 Å². The van der Waals surface area contributed by atoms with Gasteiger partial charge in [-0.25, -0.2) is 0 Å². The molecule has 3 heteroatoms. The van der Waals surface area contributed by atoms with Crippen LogP contribution in [0.15, 0.2) is 77.5 Å². The summed E-state index contributed by atoms with van der Waals surface area (Å²) in [5.74, 6) is 0.455. The maximum absolute atomic E-state index is 3.69. The SMILES string of the molecule is CC.Cc1ccc2c(c1Nc1ccsc1)c1ccccc1n2-c1ccccc1C(C)C. The van der Waals surface area contributed by atoms with E-state index in [-0.39, 0.29) is 0 Å². The van der Waals surface area contributed by atoms with Crippen molar-refractivity contribution in [1.29, 1.82) is 0 Å². The Morgan fingerprint density at radius 1 is 0.839 bits per heavy atom. The molecule has 0 unspecified atom stereocenters. The highest BCUT2D eigenvalue weighted by atomic mass is 32.1. The first kappa shape index (κ1) is 21.2. The molecule has 0 saturated heterocycles. The maximum Gasteiger partial charge on any atom is 0.0562 e. The lowest BCUT2D eigenvalue weighted by atomic mass is 10.0. The zero-order chi connectivity index (χ0) is 22.0. The molecule has 0 atom stereocenters. The minimum absolute atomic E-state index is 0.455. The number of aryl methyl sites for hydroxylation is 1. The summed E-state index contributed by atoms with van der Waals surface area (Å²) in [6, 6.07) is 24.1. The smallest absolute Gasteiger partial charge is 0.0562 e. The van der Waals surface area contributed by atoms with Gasteiger partial charge in [-0.1, -0.05) is 70.2 Å². The number of nitrogens with one attached hydrogen (secondary N) is 1. The number of hydrogen-bond acceptors (Lipinski definition) is 2. The van der Waals surface area contributed by atoms with Crippen molar-refractivity contribution in [2.45, 2.75) is 40.5 Å². The molecule has 2 aromatic heterocycles. The highest BCUT2D eigenvalue weighted by Gasteiger charge is 2.18. The normalized spacial score (nSPS) is 11.0. The van der Waals surface area contributed by atoms with Gasteiger partial charge in [-0.3, -0.25) is 0 Å². The first-order valence-corrected chi connectivity index (χ1v) is 12.0. The van der Waals surface area contributed by atoms with Gasteiger partial charge in [0.15, 0.2) is 0 Å². The van der Waals surface area contributed by atoms with Crippen LogP contribution < -0.4 is 5.32 Å².